The zero-order valence-electron chi connectivity index (χ0n) is 14.5. The molecule has 28 heavy (non-hydrogen) atoms. The molecule has 3 rings (SSSR count). The fraction of sp³-hybridized carbons (Fsp3) is 0.167. The molecule has 0 radical (unpaired) electrons. The van der Waals surface area contributed by atoms with Crippen LogP contribution in [0.2, 0.25) is 5.02 Å². The number of carbonyl (C=O) groups excluding carboxylic acids is 4. The Kier molecular flexibility index (Phi) is 5.85. The Bertz CT molecular complexity index is 899. The fourth-order valence-corrected chi connectivity index (χ4v) is 2.50. The van der Waals surface area contributed by atoms with Crippen molar-refractivity contribution in [2.45, 2.75) is 6.54 Å². The van der Waals surface area contributed by atoms with Gasteiger partial charge in [-0.3, -0.25) is 14.5 Å². The van der Waals surface area contributed by atoms with Gasteiger partial charge in [-0.25, -0.2) is 14.6 Å². The Labute approximate surface area is 164 Å². The number of ether oxygens (including phenoxy) is 1. The molecule has 2 aromatic rings. The molecule has 9 nitrogen and oxygen atoms in total. The molecule has 2 N–H and O–H groups in total. The van der Waals surface area contributed by atoms with Gasteiger partial charge in [0.25, 0.3) is 5.91 Å². The van der Waals surface area contributed by atoms with E-state index in [1.807, 2.05) is 0 Å². The third kappa shape index (κ3) is 4.83. The summed E-state index contributed by atoms with van der Waals surface area (Å²) in [4.78, 5) is 52.0. The van der Waals surface area contributed by atoms with Crippen LogP contribution in [0.1, 0.15) is 15.9 Å². The van der Waals surface area contributed by atoms with Crippen LogP contribution >= 0.6 is 11.6 Å². The summed E-state index contributed by atoms with van der Waals surface area (Å²) in [6, 6.07) is 8.84. The number of pyridine rings is 1. The maximum absolute atomic E-state index is 12.0. The van der Waals surface area contributed by atoms with Crippen LogP contribution in [0.15, 0.2) is 42.6 Å². The average Bonchev–Trinajstić information content (AvgIpc) is 3.00. The lowest BCUT2D eigenvalue weighted by molar-refractivity contribution is -0.125. The van der Waals surface area contributed by atoms with Crippen molar-refractivity contribution in [3.05, 3.63) is 58.7 Å². The fourth-order valence-electron chi connectivity index (χ4n) is 2.39. The van der Waals surface area contributed by atoms with Crippen LogP contribution < -0.4 is 10.6 Å². The van der Waals surface area contributed by atoms with Gasteiger partial charge in [0.2, 0.25) is 5.91 Å². The van der Waals surface area contributed by atoms with E-state index < -0.39 is 24.5 Å². The van der Waals surface area contributed by atoms with Crippen molar-refractivity contribution in [1.29, 1.82) is 0 Å². The summed E-state index contributed by atoms with van der Waals surface area (Å²) in [6.07, 6.45) is 1.38. The quantitative estimate of drug-likeness (QED) is 0.559. The Balaban J connectivity index is 1.50. The minimum absolute atomic E-state index is 0.0170. The highest BCUT2D eigenvalue weighted by Gasteiger charge is 2.28. The normalized spacial score (nSPS) is 13.2. The highest BCUT2D eigenvalue weighted by molar-refractivity contribution is 6.30. The first-order valence-corrected chi connectivity index (χ1v) is 8.56. The molecule has 0 atom stereocenters. The topological polar surface area (TPSA) is 118 Å². The Hall–Kier alpha value is -3.46. The number of halogens is 1. The summed E-state index contributed by atoms with van der Waals surface area (Å²) < 4.78 is 4.96. The summed E-state index contributed by atoms with van der Waals surface area (Å²) in [7, 11) is 0. The number of nitrogens with zero attached hydrogens (tertiary/aromatic N) is 2. The number of rotatable bonds is 6. The third-order valence-electron chi connectivity index (χ3n) is 3.80. The number of imide groups is 1. The second-order valence-corrected chi connectivity index (χ2v) is 6.26. The number of aromatic nitrogens is 1. The molecule has 0 spiro atoms. The van der Waals surface area contributed by atoms with Crippen LogP contribution in [-0.4, -0.2) is 46.9 Å². The van der Waals surface area contributed by atoms with Gasteiger partial charge in [0.1, 0.15) is 5.82 Å². The number of amides is 4. The Morgan fingerprint density at radius 2 is 1.93 bits per heavy atom. The lowest BCUT2D eigenvalue weighted by Crippen LogP contribution is -2.30. The minimum atomic E-state index is -0.680. The van der Waals surface area contributed by atoms with Gasteiger partial charge in [0.05, 0.1) is 23.7 Å². The zero-order chi connectivity index (χ0) is 20.1. The van der Waals surface area contributed by atoms with E-state index in [4.69, 9.17) is 16.3 Å². The molecule has 1 aliphatic rings. The molecule has 0 saturated carbocycles. The lowest BCUT2D eigenvalue weighted by Gasteiger charge is -2.12. The van der Waals surface area contributed by atoms with Gasteiger partial charge in [-0.15, -0.1) is 0 Å². The van der Waals surface area contributed by atoms with E-state index >= 15 is 0 Å². The third-order valence-corrected chi connectivity index (χ3v) is 4.02. The van der Waals surface area contributed by atoms with Crippen LogP contribution in [0.4, 0.5) is 10.6 Å². The van der Waals surface area contributed by atoms with Gasteiger partial charge in [-0.05, 0) is 29.8 Å². The molecule has 10 heteroatoms. The van der Waals surface area contributed by atoms with E-state index in [1.54, 1.807) is 18.2 Å². The predicted molar refractivity (Wildman–Crippen MR) is 98.5 cm³/mol. The Morgan fingerprint density at radius 3 is 2.54 bits per heavy atom. The minimum Gasteiger partial charge on any atom is -0.452 e. The maximum Gasteiger partial charge on any atom is 0.338 e. The van der Waals surface area contributed by atoms with Gasteiger partial charge in [-0.1, -0.05) is 23.7 Å². The second kappa shape index (κ2) is 8.49. The summed E-state index contributed by atoms with van der Waals surface area (Å²) in [5, 5.41) is 5.34. The van der Waals surface area contributed by atoms with Gasteiger partial charge in [-0.2, -0.15) is 0 Å². The van der Waals surface area contributed by atoms with Gasteiger partial charge in [0.15, 0.2) is 6.61 Å². The highest BCUT2D eigenvalue weighted by Crippen LogP contribution is 2.12. The molecule has 0 unspecified atom stereocenters. The van der Waals surface area contributed by atoms with E-state index in [0.29, 0.717) is 10.6 Å². The number of nitrogens with one attached hydrogen (secondary N) is 2. The Morgan fingerprint density at radius 1 is 1.18 bits per heavy atom. The first-order valence-electron chi connectivity index (χ1n) is 8.18. The summed E-state index contributed by atoms with van der Waals surface area (Å²) in [5.41, 5.74) is 0.909. The lowest BCUT2D eigenvalue weighted by atomic mass is 10.1. The zero-order valence-corrected chi connectivity index (χ0v) is 15.2. The summed E-state index contributed by atoms with van der Waals surface area (Å²) in [5.74, 6) is -1.25. The number of carbonyl (C=O) groups is 4. The van der Waals surface area contributed by atoms with Crippen LogP contribution in [0.5, 0.6) is 0 Å². The molecule has 2 heterocycles. The number of hydrogen-bond acceptors (Lipinski definition) is 6. The van der Waals surface area contributed by atoms with Crippen molar-refractivity contribution >= 4 is 41.2 Å². The summed E-state index contributed by atoms with van der Waals surface area (Å²) >= 11 is 5.71. The molecule has 1 aromatic carbocycles. The van der Waals surface area contributed by atoms with Crippen molar-refractivity contribution in [3.63, 3.8) is 0 Å². The molecule has 0 aliphatic carbocycles. The van der Waals surface area contributed by atoms with E-state index in [-0.39, 0.29) is 30.4 Å². The molecule has 4 amide bonds. The molecular weight excluding hydrogens is 388 g/mol. The van der Waals surface area contributed by atoms with Crippen molar-refractivity contribution in [2.24, 2.45) is 0 Å². The molecule has 144 valence electrons. The van der Waals surface area contributed by atoms with Gasteiger partial charge >= 0.3 is 12.0 Å². The van der Waals surface area contributed by atoms with Crippen molar-refractivity contribution in [2.75, 3.05) is 18.5 Å². The van der Waals surface area contributed by atoms with Crippen LogP contribution in [0.3, 0.4) is 0 Å². The van der Waals surface area contributed by atoms with E-state index in [0.717, 1.165) is 4.90 Å². The van der Waals surface area contributed by atoms with E-state index in [9.17, 15) is 19.2 Å². The molecule has 1 fully saturated rings. The smallest absolute Gasteiger partial charge is 0.338 e. The largest absolute Gasteiger partial charge is 0.452 e. The number of esters is 1. The van der Waals surface area contributed by atoms with Crippen molar-refractivity contribution in [3.8, 4) is 0 Å². The second-order valence-electron chi connectivity index (χ2n) is 5.82. The number of benzene rings is 1. The molecule has 1 aromatic heterocycles. The molecule has 0 bridgehead atoms. The highest BCUT2D eigenvalue weighted by atomic mass is 35.5. The SMILES string of the molecule is O=C(COC(=O)c1ccc(CN2C(=O)CNC2=O)cc1)Nc1ccc(Cl)cn1. The van der Waals surface area contributed by atoms with Crippen LogP contribution in [-0.2, 0) is 20.9 Å². The first-order chi connectivity index (χ1) is 13.4. The first kappa shape index (κ1) is 19.3. The van der Waals surface area contributed by atoms with E-state index in [1.165, 1.54) is 24.4 Å². The summed E-state index contributed by atoms with van der Waals surface area (Å²) in [6.45, 7) is -0.388. The monoisotopic (exact) mass is 402 g/mol. The molecule has 1 saturated heterocycles. The number of urea groups is 1. The molecular formula is C18H15ClN4O5. The van der Waals surface area contributed by atoms with Gasteiger partial charge in [0, 0.05) is 6.20 Å². The van der Waals surface area contributed by atoms with Gasteiger partial charge < -0.3 is 15.4 Å². The standard InChI is InChI=1S/C18H15ClN4O5/c19-13-5-6-14(20-7-13)22-15(24)10-28-17(26)12-3-1-11(2-4-12)9-23-16(25)8-21-18(23)27/h1-7H,8-10H2,(H,21,27)(H,20,22,24). The van der Waals surface area contributed by atoms with Crippen LogP contribution in [0, 0.1) is 0 Å². The van der Waals surface area contributed by atoms with Crippen molar-refractivity contribution < 1.29 is 23.9 Å². The van der Waals surface area contributed by atoms with Crippen molar-refractivity contribution in [1.82, 2.24) is 15.2 Å². The van der Waals surface area contributed by atoms with E-state index in [2.05, 4.69) is 15.6 Å². The number of anilines is 1. The predicted octanol–water partition coefficient (Wildman–Crippen LogP) is 1.58. The molecule has 1 aliphatic heterocycles. The number of hydrogen-bond donors (Lipinski definition) is 2. The van der Waals surface area contributed by atoms with Crippen LogP contribution in [0.25, 0.3) is 0 Å². The average molecular weight is 403 g/mol. The maximum atomic E-state index is 12.0.